The Balaban J connectivity index is 2.21. The Morgan fingerprint density at radius 2 is 2.18 bits per heavy atom. The molecule has 5 heteroatoms. The summed E-state index contributed by atoms with van der Waals surface area (Å²) in [6.07, 6.45) is 3.45. The molecule has 0 aromatic carbocycles. The molecular formula is C12H19N3O2. The van der Waals surface area contributed by atoms with E-state index in [0.29, 0.717) is 6.54 Å². The standard InChI is InChI=1S/C12H19N3O2/c1-12(2,3)17-11(16)15-7-5-6-9-10(15)8-14(4)13-9/h8H,5-7H2,1-4H3. The molecule has 0 bridgehead atoms. The molecular weight excluding hydrogens is 218 g/mol. The zero-order chi connectivity index (χ0) is 12.6. The molecule has 0 saturated carbocycles. The zero-order valence-electron chi connectivity index (χ0n) is 10.9. The van der Waals surface area contributed by atoms with Crippen LogP contribution in [0.5, 0.6) is 0 Å². The highest BCUT2D eigenvalue weighted by molar-refractivity contribution is 5.88. The highest BCUT2D eigenvalue weighted by atomic mass is 16.6. The quantitative estimate of drug-likeness (QED) is 0.694. The van der Waals surface area contributed by atoms with Crippen molar-refractivity contribution in [2.75, 3.05) is 11.4 Å². The van der Waals surface area contributed by atoms with Crippen molar-refractivity contribution >= 4 is 11.8 Å². The van der Waals surface area contributed by atoms with Gasteiger partial charge in [0, 0.05) is 19.8 Å². The number of ether oxygens (including phenoxy) is 1. The predicted octanol–water partition coefficient (Wildman–Crippen LogP) is 2.11. The van der Waals surface area contributed by atoms with Crippen LogP contribution in [0.1, 0.15) is 32.9 Å². The first-order valence-electron chi connectivity index (χ1n) is 5.90. The topological polar surface area (TPSA) is 47.4 Å². The monoisotopic (exact) mass is 237 g/mol. The lowest BCUT2D eigenvalue weighted by Gasteiger charge is -2.29. The molecule has 17 heavy (non-hydrogen) atoms. The van der Waals surface area contributed by atoms with Crippen molar-refractivity contribution in [1.82, 2.24) is 9.78 Å². The number of carbonyl (C=O) groups excluding carboxylic acids is 1. The van der Waals surface area contributed by atoms with Gasteiger partial charge in [-0.05, 0) is 33.6 Å². The molecule has 0 unspecified atom stereocenters. The maximum atomic E-state index is 12.1. The lowest BCUT2D eigenvalue weighted by molar-refractivity contribution is 0.0578. The molecule has 1 aliphatic rings. The van der Waals surface area contributed by atoms with Gasteiger partial charge in [-0.25, -0.2) is 4.79 Å². The molecule has 94 valence electrons. The molecule has 5 nitrogen and oxygen atoms in total. The van der Waals surface area contributed by atoms with Crippen LogP contribution in [0.15, 0.2) is 6.20 Å². The summed E-state index contributed by atoms with van der Waals surface area (Å²) in [4.78, 5) is 13.7. The molecule has 0 N–H and O–H groups in total. The summed E-state index contributed by atoms with van der Waals surface area (Å²) in [5.41, 5.74) is 1.40. The predicted molar refractivity (Wildman–Crippen MR) is 65.1 cm³/mol. The van der Waals surface area contributed by atoms with Crippen LogP contribution in [0.2, 0.25) is 0 Å². The van der Waals surface area contributed by atoms with Crippen LogP contribution >= 0.6 is 0 Å². The van der Waals surface area contributed by atoms with Crippen molar-refractivity contribution in [2.24, 2.45) is 7.05 Å². The Morgan fingerprint density at radius 3 is 2.82 bits per heavy atom. The van der Waals surface area contributed by atoms with E-state index in [1.807, 2.05) is 34.0 Å². The third-order valence-corrected chi connectivity index (χ3v) is 2.58. The Labute approximate surface area is 101 Å². The van der Waals surface area contributed by atoms with Gasteiger partial charge >= 0.3 is 6.09 Å². The molecule has 0 aliphatic carbocycles. The van der Waals surface area contributed by atoms with Crippen LogP contribution in [0.25, 0.3) is 0 Å². The van der Waals surface area contributed by atoms with E-state index in [0.717, 1.165) is 24.2 Å². The number of aryl methyl sites for hydroxylation is 2. The Bertz CT molecular complexity index is 431. The van der Waals surface area contributed by atoms with Gasteiger partial charge in [-0.2, -0.15) is 5.10 Å². The van der Waals surface area contributed by atoms with Crippen molar-refractivity contribution in [3.63, 3.8) is 0 Å². The normalized spacial score (nSPS) is 15.6. The molecule has 0 atom stereocenters. The Kier molecular flexibility index (Phi) is 2.85. The molecule has 2 rings (SSSR count). The minimum absolute atomic E-state index is 0.286. The molecule has 0 radical (unpaired) electrons. The van der Waals surface area contributed by atoms with Gasteiger partial charge in [0.15, 0.2) is 0 Å². The SMILES string of the molecule is Cn1cc2c(n1)CCCN2C(=O)OC(C)(C)C. The van der Waals surface area contributed by atoms with Gasteiger partial charge in [0.1, 0.15) is 5.60 Å². The van der Waals surface area contributed by atoms with Crippen molar-refractivity contribution in [1.29, 1.82) is 0 Å². The summed E-state index contributed by atoms with van der Waals surface area (Å²) in [6, 6.07) is 0. The minimum Gasteiger partial charge on any atom is -0.443 e. The third-order valence-electron chi connectivity index (χ3n) is 2.58. The van der Waals surface area contributed by atoms with Gasteiger partial charge in [0.05, 0.1) is 11.4 Å². The molecule has 0 spiro atoms. The second kappa shape index (κ2) is 4.05. The number of hydrogen-bond donors (Lipinski definition) is 0. The first-order chi connectivity index (χ1) is 7.87. The fourth-order valence-corrected chi connectivity index (χ4v) is 1.96. The fraction of sp³-hybridized carbons (Fsp3) is 0.667. The fourth-order valence-electron chi connectivity index (χ4n) is 1.96. The maximum Gasteiger partial charge on any atom is 0.414 e. The van der Waals surface area contributed by atoms with Crippen LogP contribution in [0.4, 0.5) is 10.5 Å². The first kappa shape index (κ1) is 12.0. The number of anilines is 1. The van der Waals surface area contributed by atoms with E-state index < -0.39 is 5.60 Å². The molecule has 1 amide bonds. The van der Waals surface area contributed by atoms with Crippen molar-refractivity contribution in [2.45, 2.75) is 39.2 Å². The van der Waals surface area contributed by atoms with E-state index in [1.165, 1.54) is 0 Å². The van der Waals surface area contributed by atoms with Crippen LogP contribution < -0.4 is 4.90 Å². The molecule has 0 fully saturated rings. The summed E-state index contributed by atoms with van der Waals surface area (Å²) < 4.78 is 7.14. The van der Waals surface area contributed by atoms with Crippen molar-refractivity contribution in [3.05, 3.63) is 11.9 Å². The number of hydrogen-bond acceptors (Lipinski definition) is 3. The first-order valence-corrected chi connectivity index (χ1v) is 5.90. The average Bonchev–Trinajstić information content (AvgIpc) is 2.54. The highest BCUT2D eigenvalue weighted by Crippen LogP contribution is 2.27. The van der Waals surface area contributed by atoms with E-state index in [1.54, 1.807) is 9.58 Å². The van der Waals surface area contributed by atoms with Crippen molar-refractivity contribution in [3.8, 4) is 0 Å². The summed E-state index contributed by atoms with van der Waals surface area (Å²) in [6.45, 7) is 6.32. The Hall–Kier alpha value is -1.52. The smallest absolute Gasteiger partial charge is 0.414 e. The molecule has 1 aromatic rings. The lowest BCUT2D eigenvalue weighted by atomic mass is 10.1. The number of carbonyl (C=O) groups is 1. The summed E-state index contributed by atoms with van der Waals surface area (Å²) >= 11 is 0. The maximum absolute atomic E-state index is 12.1. The van der Waals surface area contributed by atoms with E-state index in [9.17, 15) is 4.79 Å². The largest absolute Gasteiger partial charge is 0.443 e. The van der Waals surface area contributed by atoms with E-state index >= 15 is 0 Å². The van der Waals surface area contributed by atoms with Crippen molar-refractivity contribution < 1.29 is 9.53 Å². The molecule has 1 aliphatic heterocycles. The second-order valence-electron chi connectivity index (χ2n) is 5.37. The average molecular weight is 237 g/mol. The minimum atomic E-state index is -0.461. The second-order valence-corrected chi connectivity index (χ2v) is 5.37. The number of aromatic nitrogens is 2. The van der Waals surface area contributed by atoms with E-state index in [2.05, 4.69) is 5.10 Å². The number of nitrogens with zero attached hydrogens (tertiary/aromatic N) is 3. The highest BCUT2D eigenvalue weighted by Gasteiger charge is 2.28. The van der Waals surface area contributed by atoms with Gasteiger partial charge in [-0.1, -0.05) is 0 Å². The number of amides is 1. The van der Waals surface area contributed by atoms with Gasteiger partial charge in [0.2, 0.25) is 0 Å². The van der Waals surface area contributed by atoms with Gasteiger partial charge in [0.25, 0.3) is 0 Å². The number of rotatable bonds is 0. The van der Waals surface area contributed by atoms with E-state index in [-0.39, 0.29) is 6.09 Å². The lowest BCUT2D eigenvalue weighted by Crippen LogP contribution is -2.39. The third kappa shape index (κ3) is 2.60. The summed E-state index contributed by atoms with van der Waals surface area (Å²) in [5, 5.41) is 4.35. The van der Waals surface area contributed by atoms with Crippen LogP contribution in [0.3, 0.4) is 0 Å². The van der Waals surface area contributed by atoms with Crippen LogP contribution in [0, 0.1) is 0 Å². The van der Waals surface area contributed by atoms with E-state index in [4.69, 9.17) is 4.74 Å². The zero-order valence-corrected chi connectivity index (χ0v) is 10.9. The van der Waals surface area contributed by atoms with Crippen LogP contribution in [-0.2, 0) is 18.2 Å². The summed E-state index contributed by atoms with van der Waals surface area (Å²) in [5.74, 6) is 0. The van der Waals surface area contributed by atoms with Crippen LogP contribution in [-0.4, -0.2) is 28.0 Å². The Morgan fingerprint density at radius 1 is 1.47 bits per heavy atom. The molecule has 1 aromatic heterocycles. The summed E-state index contributed by atoms with van der Waals surface area (Å²) in [7, 11) is 1.87. The molecule has 2 heterocycles. The van der Waals surface area contributed by atoms with Gasteiger partial charge < -0.3 is 4.74 Å². The van der Waals surface area contributed by atoms with Gasteiger partial charge in [-0.15, -0.1) is 0 Å². The van der Waals surface area contributed by atoms with Gasteiger partial charge in [-0.3, -0.25) is 9.58 Å². The molecule has 0 saturated heterocycles. The number of fused-ring (bicyclic) bond motifs is 1.